The number of fused-ring (bicyclic) bond motifs is 3. The number of anilines is 1. The van der Waals surface area contributed by atoms with Gasteiger partial charge in [0.15, 0.2) is 11.5 Å². The predicted octanol–water partition coefficient (Wildman–Crippen LogP) is 4.06. The lowest BCUT2D eigenvalue weighted by molar-refractivity contribution is -0.137. The molecule has 0 radical (unpaired) electrons. The highest BCUT2D eigenvalue weighted by Crippen LogP contribution is 2.45. The summed E-state index contributed by atoms with van der Waals surface area (Å²) in [7, 11) is 0. The minimum atomic E-state index is -4.61. The Morgan fingerprint density at radius 2 is 1.82 bits per heavy atom. The molecule has 1 aliphatic carbocycles. The van der Waals surface area contributed by atoms with Crippen molar-refractivity contribution in [3.63, 3.8) is 0 Å². The third-order valence-corrected chi connectivity index (χ3v) is 10.3. The van der Waals surface area contributed by atoms with Crippen LogP contribution in [-0.4, -0.2) is 83.0 Å². The molecule has 7 rings (SSSR count). The zero-order chi connectivity index (χ0) is 36.2. The topological polar surface area (TPSA) is 155 Å². The van der Waals surface area contributed by atoms with Gasteiger partial charge in [0.1, 0.15) is 12.3 Å². The molecule has 0 bridgehead atoms. The second-order valence-corrected chi connectivity index (χ2v) is 13.4. The van der Waals surface area contributed by atoms with Crippen molar-refractivity contribution in [1.29, 1.82) is 0 Å². The van der Waals surface area contributed by atoms with Gasteiger partial charge in [-0.15, -0.1) is 5.10 Å². The Morgan fingerprint density at radius 1 is 1.06 bits per heavy atom. The molecule has 266 valence electrons. The number of pyridine rings is 1. The van der Waals surface area contributed by atoms with Crippen LogP contribution in [0.15, 0.2) is 47.4 Å². The normalized spacial score (nSPS) is 17.1. The fourth-order valence-corrected chi connectivity index (χ4v) is 7.54. The van der Waals surface area contributed by atoms with Gasteiger partial charge in [0.05, 0.1) is 16.3 Å². The van der Waals surface area contributed by atoms with E-state index in [2.05, 4.69) is 15.4 Å². The first-order valence-corrected chi connectivity index (χ1v) is 16.7. The minimum absolute atomic E-state index is 0.0135. The maximum absolute atomic E-state index is 14.3. The molecule has 1 spiro atoms. The highest BCUT2D eigenvalue weighted by Gasteiger charge is 2.46. The Kier molecular flexibility index (Phi) is 8.60. The Labute approximate surface area is 293 Å². The first kappa shape index (κ1) is 34.2. The van der Waals surface area contributed by atoms with E-state index in [0.29, 0.717) is 69.5 Å². The number of aromatic nitrogens is 5. The summed E-state index contributed by atoms with van der Waals surface area (Å²) < 4.78 is 42.4. The maximum atomic E-state index is 14.3. The molecule has 17 heteroatoms. The van der Waals surface area contributed by atoms with Gasteiger partial charge in [-0.05, 0) is 68.0 Å². The summed E-state index contributed by atoms with van der Waals surface area (Å²) in [4.78, 5) is 65.0. The predicted molar refractivity (Wildman–Crippen MR) is 178 cm³/mol. The molecule has 2 aliphatic heterocycles. The summed E-state index contributed by atoms with van der Waals surface area (Å²) in [5.74, 6) is -0.925. The molecular formula is C34H32ClF3N8O5. The highest BCUT2D eigenvalue weighted by atomic mass is 35.5. The van der Waals surface area contributed by atoms with Crippen molar-refractivity contribution in [2.24, 2.45) is 0 Å². The van der Waals surface area contributed by atoms with Crippen LogP contribution in [0.1, 0.15) is 65.7 Å². The second kappa shape index (κ2) is 12.8. The third-order valence-electron chi connectivity index (χ3n) is 10.0. The van der Waals surface area contributed by atoms with Crippen LogP contribution in [0.3, 0.4) is 0 Å². The molecule has 0 atom stereocenters. The minimum Gasteiger partial charge on any atom is -0.505 e. The van der Waals surface area contributed by atoms with E-state index >= 15 is 0 Å². The SMILES string of the molecule is CC(=O)N1CC=C(c2nc3n(CC(=O)Nc4ccc(C(F)(F)F)cc4Cl)c4c(c(=O)n3n2)C2(CC4)CCN(C(=O)c3ncccc3O)CC2)CC1. The van der Waals surface area contributed by atoms with Crippen LogP contribution >= 0.6 is 11.6 Å². The molecule has 13 nitrogen and oxygen atoms in total. The molecule has 1 saturated heterocycles. The molecule has 3 aromatic heterocycles. The Balaban J connectivity index is 1.24. The van der Waals surface area contributed by atoms with Crippen LogP contribution < -0.4 is 10.9 Å². The molecule has 1 aromatic carbocycles. The van der Waals surface area contributed by atoms with Gasteiger partial charge < -0.3 is 24.8 Å². The monoisotopic (exact) mass is 724 g/mol. The zero-order valence-corrected chi connectivity index (χ0v) is 28.1. The molecule has 3 aliphatic rings. The molecule has 3 amide bonds. The summed E-state index contributed by atoms with van der Waals surface area (Å²) in [6.07, 6.45) is 0.942. The number of carbonyl (C=O) groups is 3. The second-order valence-electron chi connectivity index (χ2n) is 13.0. The van der Waals surface area contributed by atoms with Gasteiger partial charge in [-0.25, -0.2) is 4.98 Å². The molecule has 2 N–H and O–H groups in total. The van der Waals surface area contributed by atoms with Crippen molar-refractivity contribution < 1.29 is 32.7 Å². The van der Waals surface area contributed by atoms with Crippen molar-refractivity contribution >= 4 is 46.4 Å². The van der Waals surface area contributed by atoms with E-state index in [1.165, 1.54) is 29.8 Å². The number of alkyl halides is 3. The smallest absolute Gasteiger partial charge is 0.416 e. The van der Waals surface area contributed by atoms with E-state index in [1.54, 1.807) is 14.4 Å². The van der Waals surface area contributed by atoms with Crippen LogP contribution in [0.25, 0.3) is 11.4 Å². The number of aromatic hydroxyl groups is 1. The number of likely N-dealkylation sites (tertiary alicyclic amines) is 1. The Morgan fingerprint density at radius 3 is 2.47 bits per heavy atom. The van der Waals surface area contributed by atoms with Crippen molar-refractivity contribution in [3.05, 3.63) is 86.3 Å². The van der Waals surface area contributed by atoms with Gasteiger partial charge >= 0.3 is 6.18 Å². The van der Waals surface area contributed by atoms with Gasteiger partial charge in [-0.3, -0.25) is 19.2 Å². The number of hydrogen-bond donors (Lipinski definition) is 2. The third kappa shape index (κ3) is 6.21. The fourth-order valence-electron chi connectivity index (χ4n) is 7.31. The number of amides is 3. The number of nitrogens with one attached hydrogen (secondary N) is 1. The van der Waals surface area contributed by atoms with Gasteiger partial charge in [-0.2, -0.15) is 22.7 Å². The molecule has 51 heavy (non-hydrogen) atoms. The molecule has 1 fully saturated rings. The van der Waals surface area contributed by atoms with E-state index in [1.807, 2.05) is 6.08 Å². The average Bonchev–Trinajstić information content (AvgIpc) is 3.71. The molecule has 0 unspecified atom stereocenters. The number of benzene rings is 1. The first-order valence-electron chi connectivity index (χ1n) is 16.3. The molecule has 0 saturated carbocycles. The lowest BCUT2D eigenvalue weighted by Crippen LogP contribution is -2.46. The van der Waals surface area contributed by atoms with Crippen LogP contribution in [0, 0.1) is 0 Å². The van der Waals surface area contributed by atoms with E-state index in [9.17, 15) is 37.5 Å². The van der Waals surface area contributed by atoms with Crippen molar-refractivity contribution in [2.75, 3.05) is 31.5 Å². The van der Waals surface area contributed by atoms with Crippen LogP contribution in [-0.2, 0) is 34.1 Å². The molecular weight excluding hydrogens is 693 g/mol. The quantitative estimate of drug-likeness (QED) is 0.313. The standard InChI is InChI=1S/C34H32ClF3N8O5/c1-19(47)43-13-7-20(8-14-43)29-41-32-45(18-26(49)40-23-5-4-21(17-22(23)35)34(36,37)38)24-6-9-33(27(24)30(50)46(32)42-29)10-15-44(16-11-33)31(51)28-25(48)3-2-12-39-28/h2-5,7,12,17,48H,6,8-11,13-16,18H2,1H3,(H,40,49). The van der Waals surface area contributed by atoms with E-state index in [0.717, 1.165) is 23.8 Å². The Bertz CT molecular complexity index is 2190. The van der Waals surface area contributed by atoms with Crippen molar-refractivity contribution in [1.82, 2.24) is 33.9 Å². The number of halogens is 4. The average molecular weight is 725 g/mol. The number of carbonyl (C=O) groups excluding carboxylic acids is 3. The van der Waals surface area contributed by atoms with E-state index < -0.39 is 29.0 Å². The number of hydrogen-bond acceptors (Lipinski definition) is 8. The van der Waals surface area contributed by atoms with Gasteiger partial charge in [0.2, 0.25) is 17.6 Å². The number of piperidine rings is 1. The van der Waals surface area contributed by atoms with Crippen LogP contribution in [0.4, 0.5) is 18.9 Å². The van der Waals surface area contributed by atoms with Gasteiger partial charge in [0, 0.05) is 56.0 Å². The first-order chi connectivity index (χ1) is 24.3. The summed E-state index contributed by atoms with van der Waals surface area (Å²) in [5.41, 5.74) is -0.258. The van der Waals surface area contributed by atoms with Gasteiger partial charge in [-0.1, -0.05) is 17.7 Å². The largest absolute Gasteiger partial charge is 0.505 e. The number of rotatable bonds is 5. The summed E-state index contributed by atoms with van der Waals surface area (Å²) in [5, 5.41) is 17.1. The molecule has 4 aromatic rings. The van der Waals surface area contributed by atoms with Gasteiger partial charge in [0.25, 0.3) is 11.5 Å². The van der Waals surface area contributed by atoms with Crippen LogP contribution in [0.5, 0.6) is 5.75 Å². The maximum Gasteiger partial charge on any atom is 0.416 e. The van der Waals surface area contributed by atoms with Crippen molar-refractivity contribution in [3.8, 4) is 5.75 Å². The Hall–Kier alpha value is -5.25. The lowest BCUT2D eigenvalue weighted by atomic mass is 9.74. The molecule has 5 heterocycles. The lowest BCUT2D eigenvalue weighted by Gasteiger charge is -2.39. The summed E-state index contributed by atoms with van der Waals surface area (Å²) in [6.45, 7) is 2.52. The summed E-state index contributed by atoms with van der Waals surface area (Å²) in [6, 6.07) is 5.56. The highest BCUT2D eigenvalue weighted by molar-refractivity contribution is 6.33. The summed E-state index contributed by atoms with van der Waals surface area (Å²) >= 11 is 6.12. The van der Waals surface area contributed by atoms with Crippen LogP contribution in [0.2, 0.25) is 5.02 Å². The fraction of sp³-hybridized carbons (Fsp3) is 0.382. The zero-order valence-electron chi connectivity index (χ0n) is 27.3. The van der Waals surface area contributed by atoms with E-state index in [-0.39, 0.29) is 51.8 Å². The van der Waals surface area contributed by atoms with E-state index in [4.69, 9.17) is 16.6 Å². The number of nitrogens with zero attached hydrogens (tertiary/aromatic N) is 7. The van der Waals surface area contributed by atoms with Crippen molar-refractivity contribution in [2.45, 2.75) is 57.2 Å².